The number of sulfonamides is 1. The van der Waals surface area contributed by atoms with Gasteiger partial charge in [-0.1, -0.05) is 0 Å². The zero-order valence-corrected chi connectivity index (χ0v) is 14.1. The van der Waals surface area contributed by atoms with E-state index >= 15 is 0 Å². The third-order valence-corrected chi connectivity index (χ3v) is 4.87. The standard InChI is InChI=1S/C13H15IN2O3S/c1-9-13(7-12(19-9)8-15-2)20(17,18)16-11-5-3-10(14)4-6-11/h3-7,15-16H,8H2,1-2H3. The van der Waals surface area contributed by atoms with Gasteiger partial charge in [-0.3, -0.25) is 4.72 Å². The van der Waals surface area contributed by atoms with Gasteiger partial charge in [0.15, 0.2) is 0 Å². The number of hydrogen-bond donors (Lipinski definition) is 2. The monoisotopic (exact) mass is 406 g/mol. The third kappa shape index (κ3) is 3.53. The van der Waals surface area contributed by atoms with Crippen LogP contribution in [-0.4, -0.2) is 15.5 Å². The summed E-state index contributed by atoms with van der Waals surface area (Å²) in [7, 11) is -1.85. The van der Waals surface area contributed by atoms with E-state index in [-0.39, 0.29) is 4.90 Å². The van der Waals surface area contributed by atoms with Crippen molar-refractivity contribution in [2.24, 2.45) is 0 Å². The van der Waals surface area contributed by atoms with Gasteiger partial charge in [0.25, 0.3) is 10.0 Å². The fraction of sp³-hybridized carbons (Fsp3) is 0.231. The lowest BCUT2D eigenvalue weighted by molar-refractivity contribution is 0.466. The number of anilines is 1. The van der Waals surface area contributed by atoms with Gasteiger partial charge in [0.2, 0.25) is 0 Å². The molecule has 1 heterocycles. The molecule has 2 aromatic rings. The number of halogens is 1. The first-order valence-electron chi connectivity index (χ1n) is 5.94. The van der Waals surface area contributed by atoms with Crippen LogP contribution in [0.15, 0.2) is 39.6 Å². The molecule has 0 saturated heterocycles. The molecule has 0 saturated carbocycles. The molecule has 0 bridgehead atoms. The molecule has 0 fully saturated rings. The number of aryl methyl sites for hydroxylation is 1. The minimum absolute atomic E-state index is 0.168. The summed E-state index contributed by atoms with van der Waals surface area (Å²) in [6.07, 6.45) is 0. The van der Waals surface area contributed by atoms with Crippen molar-refractivity contribution in [3.63, 3.8) is 0 Å². The molecule has 2 rings (SSSR count). The van der Waals surface area contributed by atoms with E-state index in [1.165, 1.54) is 0 Å². The Hall–Kier alpha value is -1.06. The summed E-state index contributed by atoms with van der Waals surface area (Å²) in [5, 5.41) is 2.92. The Bertz CT molecular complexity index is 693. The van der Waals surface area contributed by atoms with Gasteiger partial charge in [0.05, 0.1) is 6.54 Å². The van der Waals surface area contributed by atoms with Crippen LogP contribution in [0.25, 0.3) is 0 Å². The van der Waals surface area contributed by atoms with Crippen molar-refractivity contribution < 1.29 is 12.8 Å². The second-order valence-corrected chi connectivity index (χ2v) is 7.17. The predicted molar refractivity (Wildman–Crippen MR) is 86.2 cm³/mol. The summed E-state index contributed by atoms with van der Waals surface area (Å²) in [4.78, 5) is 0.168. The molecule has 0 spiro atoms. The zero-order valence-electron chi connectivity index (χ0n) is 11.1. The highest BCUT2D eigenvalue weighted by Crippen LogP contribution is 2.23. The van der Waals surface area contributed by atoms with E-state index in [2.05, 4.69) is 32.6 Å². The van der Waals surface area contributed by atoms with Gasteiger partial charge in [-0.15, -0.1) is 0 Å². The van der Waals surface area contributed by atoms with Crippen LogP contribution < -0.4 is 10.0 Å². The minimum Gasteiger partial charge on any atom is -0.464 e. The smallest absolute Gasteiger partial charge is 0.265 e. The van der Waals surface area contributed by atoms with Crippen molar-refractivity contribution >= 4 is 38.3 Å². The molecule has 0 amide bonds. The summed E-state index contributed by atoms with van der Waals surface area (Å²) < 4.78 is 33.7. The average Bonchev–Trinajstić information content (AvgIpc) is 2.74. The number of furan rings is 1. The van der Waals surface area contributed by atoms with E-state index in [4.69, 9.17) is 4.42 Å². The fourth-order valence-electron chi connectivity index (χ4n) is 1.78. The molecular formula is C13H15IN2O3S. The Balaban J connectivity index is 2.28. The van der Waals surface area contributed by atoms with Crippen molar-refractivity contribution in [2.75, 3.05) is 11.8 Å². The van der Waals surface area contributed by atoms with Crippen LogP contribution in [0.4, 0.5) is 5.69 Å². The van der Waals surface area contributed by atoms with Gasteiger partial charge in [-0.25, -0.2) is 8.42 Å². The van der Waals surface area contributed by atoms with Crippen molar-refractivity contribution in [3.05, 3.63) is 45.4 Å². The number of rotatable bonds is 5. The Labute approximate surface area is 131 Å². The molecule has 0 aliphatic heterocycles. The SMILES string of the molecule is CNCc1cc(S(=O)(=O)Nc2ccc(I)cc2)c(C)o1. The Morgan fingerprint density at radius 1 is 1.25 bits per heavy atom. The maximum Gasteiger partial charge on any atom is 0.265 e. The Kier molecular flexibility index (Phi) is 4.71. The van der Waals surface area contributed by atoms with Crippen LogP contribution in [0.3, 0.4) is 0 Å². The van der Waals surface area contributed by atoms with E-state index in [1.54, 1.807) is 32.2 Å². The predicted octanol–water partition coefficient (Wildman–Crippen LogP) is 2.71. The van der Waals surface area contributed by atoms with E-state index < -0.39 is 10.0 Å². The van der Waals surface area contributed by atoms with Gasteiger partial charge < -0.3 is 9.73 Å². The van der Waals surface area contributed by atoms with Crippen LogP contribution in [0, 0.1) is 10.5 Å². The normalized spacial score (nSPS) is 11.6. The first-order chi connectivity index (χ1) is 9.42. The largest absolute Gasteiger partial charge is 0.464 e. The first kappa shape index (κ1) is 15.3. The lowest BCUT2D eigenvalue weighted by atomic mass is 10.3. The summed E-state index contributed by atoms with van der Waals surface area (Å²) in [5.74, 6) is 0.973. The highest BCUT2D eigenvalue weighted by Gasteiger charge is 2.21. The van der Waals surface area contributed by atoms with E-state index in [0.29, 0.717) is 23.8 Å². The fourth-order valence-corrected chi connectivity index (χ4v) is 3.40. The Morgan fingerprint density at radius 3 is 2.50 bits per heavy atom. The number of hydrogen-bond acceptors (Lipinski definition) is 4. The average molecular weight is 406 g/mol. The lowest BCUT2D eigenvalue weighted by Gasteiger charge is -2.06. The molecule has 7 heteroatoms. The van der Waals surface area contributed by atoms with Gasteiger partial charge in [-0.2, -0.15) is 0 Å². The molecule has 0 unspecified atom stereocenters. The van der Waals surface area contributed by atoms with Gasteiger partial charge in [0, 0.05) is 15.3 Å². The molecule has 20 heavy (non-hydrogen) atoms. The second-order valence-electron chi connectivity index (χ2n) is 4.28. The molecule has 1 aromatic carbocycles. The highest BCUT2D eigenvalue weighted by atomic mass is 127. The summed E-state index contributed by atoms with van der Waals surface area (Å²) in [5.41, 5.74) is 0.529. The Morgan fingerprint density at radius 2 is 1.90 bits per heavy atom. The molecule has 0 atom stereocenters. The summed E-state index contributed by atoms with van der Waals surface area (Å²) in [6.45, 7) is 2.13. The molecule has 2 N–H and O–H groups in total. The summed E-state index contributed by atoms with van der Waals surface area (Å²) >= 11 is 2.16. The maximum atomic E-state index is 12.3. The minimum atomic E-state index is -3.63. The van der Waals surface area contributed by atoms with Crippen molar-refractivity contribution in [1.29, 1.82) is 0 Å². The molecule has 5 nitrogen and oxygen atoms in total. The third-order valence-electron chi connectivity index (χ3n) is 2.66. The van der Waals surface area contributed by atoms with Crippen LogP contribution >= 0.6 is 22.6 Å². The van der Waals surface area contributed by atoms with Gasteiger partial charge in [0.1, 0.15) is 16.4 Å². The number of benzene rings is 1. The molecule has 0 aliphatic rings. The van der Waals surface area contributed by atoms with E-state index in [0.717, 1.165) is 3.57 Å². The second kappa shape index (κ2) is 6.15. The molecule has 0 aliphatic carbocycles. The lowest BCUT2D eigenvalue weighted by Crippen LogP contribution is -2.13. The van der Waals surface area contributed by atoms with Crippen LogP contribution in [-0.2, 0) is 16.6 Å². The van der Waals surface area contributed by atoms with E-state index in [1.807, 2.05) is 12.1 Å². The quantitative estimate of drug-likeness (QED) is 0.750. The topological polar surface area (TPSA) is 71.3 Å². The van der Waals surface area contributed by atoms with Crippen LogP contribution in [0.1, 0.15) is 11.5 Å². The van der Waals surface area contributed by atoms with Gasteiger partial charge in [-0.05, 0) is 60.8 Å². The molecule has 0 radical (unpaired) electrons. The summed E-state index contributed by atoms with van der Waals surface area (Å²) in [6, 6.07) is 8.67. The first-order valence-corrected chi connectivity index (χ1v) is 8.51. The van der Waals surface area contributed by atoms with Crippen LogP contribution in [0.2, 0.25) is 0 Å². The molecule has 108 valence electrons. The maximum absolute atomic E-state index is 12.3. The number of nitrogens with one attached hydrogen (secondary N) is 2. The highest BCUT2D eigenvalue weighted by molar-refractivity contribution is 14.1. The van der Waals surface area contributed by atoms with Crippen molar-refractivity contribution in [2.45, 2.75) is 18.4 Å². The van der Waals surface area contributed by atoms with Crippen LogP contribution in [0.5, 0.6) is 0 Å². The zero-order chi connectivity index (χ0) is 14.8. The van der Waals surface area contributed by atoms with E-state index in [9.17, 15) is 8.42 Å². The molecular weight excluding hydrogens is 391 g/mol. The van der Waals surface area contributed by atoms with Crippen molar-refractivity contribution in [1.82, 2.24) is 5.32 Å². The van der Waals surface area contributed by atoms with Crippen molar-refractivity contribution in [3.8, 4) is 0 Å². The molecule has 1 aromatic heterocycles. The van der Waals surface area contributed by atoms with Gasteiger partial charge >= 0.3 is 0 Å².